The van der Waals surface area contributed by atoms with E-state index < -0.39 is 20.7 Å². The van der Waals surface area contributed by atoms with Gasteiger partial charge in [0.2, 0.25) is 0 Å². The molecule has 2 aromatic rings. The molecule has 0 bridgehead atoms. The van der Waals surface area contributed by atoms with Crippen LogP contribution in [0.5, 0.6) is 0 Å². The van der Waals surface area contributed by atoms with E-state index in [1.807, 2.05) is 0 Å². The van der Waals surface area contributed by atoms with E-state index in [2.05, 4.69) is 14.9 Å². The number of hydrogen-bond acceptors (Lipinski definition) is 4. The van der Waals surface area contributed by atoms with Gasteiger partial charge in [0.1, 0.15) is 4.90 Å². The highest BCUT2D eigenvalue weighted by Crippen LogP contribution is 2.26. The van der Waals surface area contributed by atoms with Crippen LogP contribution in [-0.2, 0) is 10.0 Å². The minimum absolute atomic E-state index is 0.0254. The highest BCUT2D eigenvalue weighted by molar-refractivity contribution is 7.92. The van der Waals surface area contributed by atoms with E-state index in [0.717, 1.165) is 12.1 Å². The van der Waals surface area contributed by atoms with Crippen LogP contribution in [0.1, 0.15) is 5.69 Å². The third kappa shape index (κ3) is 2.79. The molecule has 4 N–H and O–H groups in total. The summed E-state index contributed by atoms with van der Waals surface area (Å²) in [6, 6.07) is 3.58. The number of sulfonamides is 1. The number of aryl methyl sites for hydroxylation is 1. The van der Waals surface area contributed by atoms with Gasteiger partial charge in [-0.2, -0.15) is 5.10 Å². The zero-order chi connectivity index (χ0) is 14.2. The van der Waals surface area contributed by atoms with Crippen molar-refractivity contribution < 1.29 is 12.8 Å². The van der Waals surface area contributed by atoms with Crippen LogP contribution < -0.4 is 10.5 Å². The van der Waals surface area contributed by atoms with Gasteiger partial charge in [0, 0.05) is 16.8 Å². The Hall–Kier alpha value is -1.80. The molecule has 0 unspecified atom stereocenters. The van der Waals surface area contributed by atoms with Crippen molar-refractivity contribution in [3.8, 4) is 0 Å². The van der Waals surface area contributed by atoms with Gasteiger partial charge in [0.15, 0.2) is 11.6 Å². The van der Waals surface area contributed by atoms with Crippen LogP contribution in [-0.4, -0.2) is 18.6 Å². The Labute approximate surface area is 113 Å². The van der Waals surface area contributed by atoms with Gasteiger partial charge < -0.3 is 5.73 Å². The Morgan fingerprint density at radius 1 is 1.42 bits per heavy atom. The maximum atomic E-state index is 13.8. The molecule has 0 saturated heterocycles. The standard InChI is InChI=1S/C10H10ClFN4O2S/c1-5-2-9(15-14-5)16-19(17,18)8-4-6(11)3-7(13)10(8)12/h2-4H,13H2,1H3,(H2,14,15,16). The topological polar surface area (TPSA) is 101 Å². The summed E-state index contributed by atoms with van der Waals surface area (Å²) in [5.41, 5.74) is 5.66. The van der Waals surface area contributed by atoms with Gasteiger partial charge in [-0.05, 0) is 19.1 Å². The number of rotatable bonds is 3. The van der Waals surface area contributed by atoms with Crippen molar-refractivity contribution in [1.82, 2.24) is 10.2 Å². The third-order valence-corrected chi connectivity index (χ3v) is 3.84. The largest absolute Gasteiger partial charge is 0.396 e. The molecule has 1 heterocycles. The van der Waals surface area contributed by atoms with Crippen LogP contribution in [0.3, 0.4) is 0 Å². The lowest BCUT2D eigenvalue weighted by Gasteiger charge is -2.08. The molecule has 0 radical (unpaired) electrons. The molecule has 1 aromatic heterocycles. The number of anilines is 2. The molecule has 0 aliphatic heterocycles. The summed E-state index contributed by atoms with van der Waals surface area (Å²) in [4.78, 5) is -0.627. The summed E-state index contributed by atoms with van der Waals surface area (Å²) in [5.74, 6) is -1.00. The number of benzene rings is 1. The van der Waals surface area contributed by atoms with Crippen molar-refractivity contribution in [2.75, 3.05) is 10.5 Å². The molecule has 0 amide bonds. The number of aromatic amines is 1. The summed E-state index contributed by atoms with van der Waals surface area (Å²) in [5, 5.41) is 6.28. The van der Waals surface area contributed by atoms with Crippen LogP contribution in [0, 0.1) is 12.7 Å². The van der Waals surface area contributed by atoms with Crippen LogP contribution in [0.2, 0.25) is 5.02 Å². The van der Waals surface area contributed by atoms with Crippen molar-refractivity contribution >= 4 is 33.1 Å². The molecule has 2 rings (SSSR count). The van der Waals surface area contributed by atoms with E-state index in [9.17, 15) is 12.8 Å². The zero-order valence-electron chi connectivity index (χ0n) is 9.74. The number of aromatic nitrogens is 2. The van der Waals surface area contributed by atoms with Gasteiger partial charge in [0.05, 0.1) is 5.69 Å². The molecular formula is C10H10ClFN4O2S. The minimum Gasteiger partial charge on any atom is -0.396 e. The third-order valence-electron chi connectivity index (χ3n) is 2.27. The first-order chi connectivity index (χ1) is 8.79. The average molecular weight is 305 g/mol. The van der Waals surface area contributed by atoms with E-state index in [-0.39, 0.29) is 16.5 Å². The summed E-state index contributed by atoms with van der Waals surface area (Å²) in [6.07, 6.45) is 0. The Morgan fingerprint density at radius 2 is 2.11 bits per heavy atom. The molecule has 0 aliphatic rings. The number of nitrogens with two attached hydrogens (primary N) is 1. The Balaban J connectivity index is 2.45. The number of hydrogen-bond donors (Lipinski definition) is 3. The maximum absolute atomic E-state index is 13.8. The van der Waals surface area contributed by atoms with E-state index in [1.54, 1.807) is 6.92 Å². The fourth-order valence-corrected chi connectivity index (χ4v) is 2.86. The van der Waals surface area contributed by atoms with Crippen molar-refractivity contribution in [3.05, 3.63) is 34.7 Å². The second-order valence-corrected chi connectivity index (χ2v) is 5.94. The summed E-state index contributed by atoms with van der Waals surface area (Å²) in [6.45, 7) is 1.70. The molecule has 9 heteroatoms. The fourth-order valence-electron chi connectivity index (χ4n) is 1.44. The van der Waals surface area contributed by atoms with Crippen molar-refractivity contribution in [2.45, 2.75) is 11.8 Å². The molecule has 0 aliphatic carbocycles. The molecule has 19 heavy (non-hydrogen) atoms. The molecule has 1 aromatic carbocycles. The second-order valence-electron chi connectivity index (χ2n) is 3.85. The maximum Gasteiger partial charge on any atom is 0.266 e. The minimum atomic E-state index is -4.15. The van der Waals surface area contributed by atoms with Crippen LogP contribution in [0.15, 0.2) is 23.1 Å². The van der Waals surface area contributed by atoms with Crippen molar-refractivity contribution in [2.24, 2.45) is 0 Å². The lowest BCUT2D eigenvalue weighted by atomic mass is 10.3. The lowest BCUT2D eigenvalue weighted by molar-refractivity contribution is 0.572. The first kappa shape index (κ1) is 13.6. The van der Waals surface area contributed by atoms with Crippen LogP contribution >= 0.6 is 11.6 Å². The number of nitrogen functional groups attached to an aromatic ring is 1. The van der Waals surface area contributed by atoms with E-state index in [0.29, 0.717) is 5.69 Å². The first-order valence-electron chi connectivity index (χ1n) is 5.09. The van der Waals surface area contributed by atoms with Gasteiger partial charge in [-0.15, -0.1) is 0 Å². The molecule has 0 atom stereocenters. The molecule has 0 saturated carbocycles. The number of nitrogens with zero attached hydrogens (tertiary/aromatic N) is 1. The van der Waals surface area contributed by atoms with Gasteiger partial charge in [-0.3, -0.25) is 9.82 Å². The average Bonchev–Trinajstić information content (AvgIpc) is 2.68. The van der Waals surface area contributed by atoms with Gasteiger partial charge in [-0.25, -0.2) is 12.8 Å². The quantitative estimate of drug-likeness (QED) is 0.754. The summed E-state index contributed by atoms with van der Waals surface area (Å²) < 4.78 is 39.9. The highest BCUT2D eigenvalue weighted by atomic mass is 35.5. The number of H-pyrrole nitrogens is 1. The highest BCUT2D eigenvalue weighted by Gasteiger charge is 2.22. The predicted molar refractivity (Wildman–Crippen MR) is 70.0 cm³/mol. The zero-order valence-corrected chi connectivity index (χ0v) is 11.3. The normalized spacial score (nSPS) is 11.5. The Kier molecular flexibility index (Phi) is 3.38. The monoisotopic (exact) mass is 304 g/mol. The SMILES string of the molecule is Cc1cc(NS(=O)(=O)c2cc(Cl)cc(N)c2F)n[nH]1. The Morgan fingerprint density at radius 3 is 2.68 bits per heavy atom. The smallest absolute Gasteiger partial charge is 0.266 e. The predicted octanol–water partition coefficient (Wildman–Crippen LogP) is 1.89. The van der Waals surface area contributed by atoms with E-state index in [4.69, 9.17) is 17.3 Å². The molecule has 6 nitrogen and oxygen atoms in total. The Bertz CT molecular complexity index is 729. The van der Waals surface area contributed by atoms with E-state index in [1.165, 1.54) is 6.07 Å². The molecule has 0 spiro atoms. The second kappa shape index (κ2) is 4.71. The fraction of sp³-hybridized carbons (Fsp3) is 0.100. The van der Waals surface area contributed by atoms with Crippen molar-refractivity contribution in [3.63, 3.8) is 0 Å². The number of nitrogens with one attached hydrogen (secondary N) is 2. The molecule has 0 fully saturated rings. The van der Waals surface area contributed by atoms with Crippen LogP contribution in [0.4, 0.5) is 15.9 Å². The van der Waals surface area contributed by atoms with Gasteiger partial charge >= 0.3 is 0 Å². The summed E-state index contributed by atoms with van der Waals surface area (Å²) in [7, 11) is -4.15. The molecular weight excluding hydrogens is 295 g/mol. The molecule has 102 valence electrons. The van der Waals surface area contributed by atoms with Crippen molar-refractivity contribution in [1.29, 1.82) is 0 Å². The van der Waals surface area contributed by atoms with Gasteiger partial charge in [0.25, 0.3) is 10.0 Å². The van der Waals surface area contributed by atoms with Crippen LogP contribution in [0.25, 0.3) is 0 Å². The van der Waals surface area contributed by atoms with E-state index >= 15 is 0 Å². The summed E-state index contributed by atoms with van der Waals surface area (Å²) >= 11 is 5.67. The van der Waals surface area contributed by atoms with Gasteiger partial charge in [-0.1, -0.05) is 11.6 Å². The lowest BCUT2D eigenvalue weighted by Crippen LogP contribution is -2.15. The number of halogens is 2. The first-order valence-corrected chi connectivity index (χ1v) is 6.95.